The Morgan fingerprint density at radius 1 is 1.04 bits per heavy atom. The van der Waals surface area contributed by atoms with E-state index >= 15 is 0 Å². The van der Waals surface area contributed by atoms with Crippen LogP contribution >= 0.6 is 7.60 Å². The topological polar surface area (TPSA) is 95.9 Å². The van der Waals surface area contributed by atoms with Crippen LogP contribution in [0.4, 0.5) is 0 Å². The first-order valence-electron chi connectivity index (χ1n) is 7.55. The van der Waals surface area contributed by atoms with E-state index < -0.39 is 19.7 Å². The van der Waals surface area contributed by atoms with E-state index in [1.165, 1.54) is 0 Å². The lowest BCUT2D eigenvalue weighted by Gasteiger charge is -2.08. The van der Waals surface area contributed by atoms with Gasteiger partial charge in [-0.1, -0.05) is 30.3 Å². The number of amides is 1. The lowest BCUT2D eigenvalue weighted by Crippen LogP contribution is -2.27. The summed E-state index contributed by atoms with van der Waals surface area (Å²) in [6, 6.07) is 17.2. The van der Waals surface area contributed by atoms with Crippen LogP contribution in [0.5, 0.6) is 11.5 Å². The van der Waals surface area contributed by atoms with Crippen LogP contribution in [0.2, 0.25) is 0 Å². The van der Waals surface area contributed by atoms with Crippen molar-refractivity contribution in [1.29, 1.82) is 0 Å². The van der Waals surface area contributed by atoms with Crippen molar-refractivity contribution in [3.05, 3.63) is 60.2 Å². The summed E-state index contributed by atoms with van der Waals surface area (Å²) in [7, 11) is -4.30. The van der Waals surface area contributed by atoms with Crippen molar-refractivity contribution in [2.75, 3.05) is 12.7 Å². The molecule has 0 radical (unpaired) electrons. The van der Waals surface area contributed by atoms with Crippen molar-refractivity contribution < 1.29 is 23.9 Å². The third-order valence-corrected chi connectivity index (χ3v) is 3.89. The van der Waals surface area contributed by atoms with E-state index in [1.807, 2.05) is 54.6 Å². The molecule has 6 nitrogen and oxygen atoms in total. The van der Waals surface area contributed by atoms with Gasteiger partial charge in [-0.25, -0.2) is 0 Å². The van der Waals surface area contributed by atoms with E-state index in [-0.39, 0.29) is 0 Å². The van der Waals surface area contributed by atoms with Crippen LogP contribution in [-0.4, -0.2) is 28.4 Å². The van der Waals surface area contributed by atoms with Crippen molar-refractivity contribution in [3.8, 4) is 11.5 Å². The van der Waals surface area contributed by atoms with Gasteiger partial charge in [-0.15, -0.1) is 0 Å². The fourth-order valence-corrected chi connectivity index (χ4v) is 2.64. The molecule has 0 atom stereocenters. The number of rotatable bonds is 8. The predicted molar refractivity (Wildman–Crippen MR) is 91.2 cm³/mol. The molecule has 0 aliphatic carbocycles. The van der Waals surface area contributed by atoms with E-state index in [2.05, 4.69) is 5.32 Å². The summed E-state index contributed by atoms with van der Waals surface area (Å²) in [5, 5.41) is 2.50. The molecular formula is C17H20NO5P. The first-order chi connectivity index (χ1) is 11.4. The lowest BCUT2D eigenvalue weighted by molar-refractivity contribution is -0.118. The highest BCUT2D eigenvalue weighted by molar-refractivity contribution is 7.52. The van der Waals surface area contributed by atoms with Gasteiger partial charge in [0.25, 0.3) is 0 Å². The molecule has 0 bridgehead atoms. The van der Waals surface area contributed by atoms with Crippen molar-refractivity contribution >= 4 is 13.5 Å². The molecule has 128 valence electrons. The van der Waals surface area contributed by atoms with Gasteiger partial charge < -0.3 is 19.8 Å². The monoisotopic (exact) mass is 349 g/mol. The first kappa shape index (κ1) is 18.2. The number of carbonyl (C=O) groups is 1. The number of carbonyl (C=O) groups excluding carboxylic acids is 1. The normalized spacial score (nSPS) is 11.1. The SMILES string of the molecule is O=C(CP(=O)(O)O)NCCCc1cccc(Oc2ccccc2)c1. The van der Waals surface area contributed by atoms with Gasteiger partial charge in [0.1, 0.15) is 17.7 Å². The minimum atomic E-state index is -4.30. The summed E-state index contributed by atoms with van der Waals surface area (Å²) in [5.74, 6) is 0.869. The fraction of sp³-hybridized carbons (Fsp3) is 0.235. The zero-order chi connectivity index (χ0) is 17.4. The molecular weight excluding hydrogens is 329 g/mol. The van der Waals surface area contributed by atoms with E-state index in [9.17, 15) is 9.36 Å². The van der Waals surface area contributed by atoms with Gasteiger partial charge in [0.05, 0.1) is 0 Å². The Morgan fingerprint density at radius 2 is 1.75 bits per heavy atom. The molecule has 3 N–H and O–H groups in total. The number of hydrogen-bond donors (Lipinski definition) is 3. The standard InChI is InChI=1S/C17H20NO5P/c19-17(13-24(20,21)22)18-11-5-7-14-6-4-10-16(12-14)23-15-8-2-1-3-9-15/h1-4,6,8-10,12H,5,7,11,13H2,(H,18,19)(H2,20,21,22). The zero-order valence-electron chi connectivity index (χ0n) is 13.1. The maximum absolute atomic E-state index is 11.3. The van der Waals surface area contributed by atoms with Crippen LogP contribution in [0.15, 0.2) is 54.6 Å². The van der Waals surface area contributed by atoms with Crippen molar-refractivity contribution in [2.24, 2.45) is 0 Å². The Balaban J connectivity index is 1.78. The Morgan fingerprint density at radius 3 is 2.46 bits per heavy atom. The molecule has 1 amide bonds. The summed E-state index contributed by atoms with van der Waals surface area (Å²) < 4.78 is 16.5. The van der Waals surface area contributed by atoms with Gasteiger partial charge in [-0.05, 0) is 42.7 Å². The van der Waals surface area contributed by atoms with Crippen LogP contribution in [0.1, 0.15) is 12.0 Å². The first-order valence-corrected chi connectivity index (χ1v) is 9.35. The average Bonchev–Trinajstić information content (AvgIpc) is 2.51. The molecule has 0 saturated heterocycles. The number of para-hydroxylation sites is 1. The molecule has 2 aromatic rings. The summed E-state index contributed by atoms with van der Waals surface area (Å²) >= 11 is 0. The van der Waals surface area contributed by atoms with Gasteiger partial charge in [0.15, 0.2) is 0 Å². The van der Waals surface area contributed by atoms with Gasteiger partial charge >= 0.3 is 7.60 Å². The molecule has 0 aliphatic rings. The molecule has 0 saturated carbocycles. The molecule has 0 aromatic heterocycles. The Kier molecular flexibility index (Phi) is 6.55. The summed E-state index contributed by atoms with van der Waals surface area (Å²) in [6.45, 7) is 0.364. The van der Waals surface area contributed by atoms with E-state index in [1.54, 1.807) is 0 Å². The summed E-state index contributed by atoms with van der Waals surface area (Å²) in [5.41, 5.74) is 1.06. The highest BCUT2D eigenvalue weighted by Crippen LogP contribution is 2.33. The minimum Gasteiger partial charge on any atom is -0.457 e. The van der Waals surface area contributed by atoms with Crippen molar-refractivity contribution in [2.45, 2.75) is 12.8 Å². The maximum atomic E-state index is 11.3. The molecule has 24 heavy (non-hydrogen) atoms. The number of ether oxygens (including phenoxy) is 1. The summed E-state index contributed by atoms with van der Waals surface area (Å²) in [4.78, 5) is 28.7. The van der Waals surface area contributed by atoms with Crippen LogP contribution in [0.3, 0.4) is 0 Å². The van der Waals surface area contributed by atoms with Crippen LogP contribution < -0.4 is 10.1 Å². The second kappa shape index (κ2) is 8.64. The van der Waals surface area contributed by atoms with E-state index in [4.69, 9.17) is 14.5 Å². The van der Waals surface area contributed by atoms with Crippen molar-refractivity contribution in [3.63, 3.8) is 0 Å². The lowest BCUT2D eigenvalue weighted by atomic mass is 10.1. The van der Waals surface area contributed by atoms with Gasteiger partial charge in [0, 0.05) is 6.54 Å². The highest BCUT2D eigenvalue weighted by atomic mass is 31.2. The van der Waals surface area contributed by atoms with Gasteiger partial charge in [0.2, 0.25) is 5.91 Å². The zero-order valence-corrected chi connectivity index (χ0v) is 14.0. The van der Waals surface area contributed by atoms with Crippen LogP contribution in [0.25, 0.3) is 0 Å². The molecule has 7 heteroatoms. The molecule has 0 aliphatic heterocycles. The number of hydrogen-bond acceptors (Lipinski definition) is 3. The van der Waals surface area contributed by atoms with Crippen LogP contribution in [0, 0.1) is 0 Å². The number of aryl methyl sites for hydroxylation is 1. The van der Waals surface area contributed by atoms with Gasteiger partial charge in [-0.2, -0.15) is 0 Å². The Bertz CT molecular complexity index is 714. The second-order valence-corrected chi connectivity index (χ2v) is 6.98. The van der Waals surface area contributed by atoms with Crippen LogP contribution in [-0.2, 0) is 15.8 Å². The van der Waals surface area contributed by atoms with Crippen molar-refractivity contribution in [1.82, 2.24) is 5.32 Å². The molecule has 0 heterocycles. The third kappa shape index (κ3) is 6.96. The van der Waals surface area contributed by atoms with E-state index in [0.29, 0.717) is 13.0 Å². The number of benzene rings is 2. The van der Waals surface area contributed by atoms with Gasteiger partial charge in [-0.3, -0.25) is 9.36 Å². The number of nitrogens with one attached hydrogen (secondary N) is 1. The molecule has 2 rings (SSSR count). The largest absolute Gasteiger partial charge is 0.457 e. The highest BCUT2D eigenvalue weighted by Gasteiger charge is 2.18. The third-order valence-electron chi connectivity index (χ3n) is 3.19. The second-order valence-electron chi connectivity index (χ2n) is 5.34. The average molecular weight is 349 g/mol. The maximum Gasteiger partial charge on any atom is 0.334 e. The predicted octanol–water partition coefficient (Wildman–Crippen LogP) is 2.71. The van der Waals surface area contributed by atoms with E-state index in [0.717, 1.165) is 23.5 Å². The molecule has 0 unspecified atom stereocenters. The smallest absolute Gasteiger partial charge is 0.334 e. The molecule has 0 spiro atoms. The fourth-order valence-electron chi connectivity index (χ4n) is 2.15. The minimum absolute atomic E-state index is 0.364. The molecule has 2 aromatic carbocycles. The quantitative estimate of drug-likeness (QED) is 0.503. The Hall–Kier alpha value is -2.14. The summed E-state index contributed by atoms with van der Waals surface area (Å²) in [6.07, 6.45) is 0.622. The Labute approximate surface area is 140 Å². The molecule has 0 fully saturated rings.